The summed E-state index contributed by atoms with van der Waals surface area (Å²) < 4.78 is 8.56. The van der Waals surface area contributed by atoms with E-state index < -0.39 is 0 Å². The van der Waals surface area contributed by atoms with Gasteiger partial charge in [-0.3, -0.25) is 0 Å². The Labute approximate surface area is 133 Å². The predicted molar refractivity (Wildman–Crippen MR) is 88.3 cm³/mol. The van der Waals surface area contributed by atoms with Crippen molar-refractivity contribution in [2.24, 2.45) is 0 Å². The molecule has 0 saturated heterocycles. The lowest BCUT2D eigenvalue weighted by Gasteiger charge is -2.25. The zero-order valence-corrected chi connectivity index (χ0v) is 13.8. The highest BCUT2D eigenvalue weighted by atomic mass is 79.9. The van der Waals surface area contributed by atoms with Crippen LogP contribution in [0.3, 0.4) is 0 Å². The summed E-state index contributed by atoms with van der Waals surface area (Å²) in [6, 6.07) is 6.45. The fourth-order valence-electron chi connectivity index (χ4n) is 2.91. The Bertz CT molecular complexity index is 605. The first-order valence-corrected chi connectivity index (χ1v) is 8.20. The predicted octanol–water partition coefficient (Wildman–Crippen LogP) is 4.90. The number of methoxy groups -OCH3 is 1. The molecule has 0 bridgehead atoms. The van der Waals surface area contributed by atoms with Gasteiger partial charge < -0.3 is 14.6 Å². The van der Waals surface area contributed by atoms with Crippen LogP contribution in [0.2, 0.25) is 0 Å². The Balaban J connectivity index is 1.83. The molecule has 0 amide bonds. The van der Waals surface area contributed by atoms with Crippen LogP contribution in [0.4, 0.5) is 11.6 Å². The number of ether oxygens (including phenoxy) is 1. The highest BCUT2D eigenvalue weighted by Gasteiger charge is 2.18. The van der Waals surface area contributed by atoms with Crippen LogP contribution in [-0.4, -0.2) is 16.7 Å². The van der Waals surface area contributed by atoms with E-state index in [1.165, 1.54) is 32.1 Å². The van der Waals surface area contributed by atoms with Gasteiger partial charge in [-0.2, -0.15) is 0 Å². The molecule has 1 saturated carbocycles. The molecule has 3 rings (SSSR count). The van der Waals surface area contributed by atoms with E-state index in [1.807, 2.05) is 24.4 Å². The first-order valence-electron chi connectivity index (χ1n) is 7.41. The number of nitrogens with zero attached hydrogens (tertiary/aromatic N) is 2. The molecule has 1 aromatic heterocycles. The average Bonchev–Trinajstić information content (AvgIpc) is 2.98. The van der Waals surface area contributed by atoms with Crippen LogP contribution in [0.25, 0.3) is 0 Å². The molecule has 4 nitrogen and oxygen atoms in total. The van der Waals surface area contributed by atoms with Crippen LogP contribution in [0.15, 0.2) is 35.1 Å². The van der Waals surface area contributed by atoms with Crippen molar-refractivity contribution in [3.05, 3.63) is 35.1 Å². The van der Waals surface area contributed by atoms with Crippen LogP contribution >= 0.6 is 15.9 Å². The smallest absolute Gasteiger partial charge is 0.207 e. The zero-order chi connectivity index (χ0) is 14.7. The average molecular weight is 350 g/mol. The minimum Gasteiger partial charge on any atom is -0.497 e. The van der Waals surface area contributed by atoms with E-state index in [1.54, 1.807) is 7.11 Å². The van der Waals surface area contributed by atoms with Crippen molar-refractivity contribution in [3.8, 4) is 5.75 Å². The van der Waals surface area contributed by atoms with Gasteiger partial charge in [-0.05, 0) is 40.9 Å². The maximum Gasteiger partial charge on any atom is 0.207 e. The Kier molecular flexibility index (Phi) is 4.48. The number of aromatic nitrogens is 2. The molecule has 21 heavy (non-hydrogen) atoms. The summed E-state index contributed by atoms with van der Waals surface area (Å²) in [6.45, 7) is 0. The quantitative estimate of drug-likeness (QED) is 0.852. The molecule has 5 heteroatoms. The van der Waals surface area contributed by atoms with E-state index in [2.05, 4.69) is 37.0 Å². The van der Waals surface area contributed by atoms with Crippen LogP contribution in [-0.2, 0) is 0 Å². The fraction of sp³-hybridized carbons (Fsp3) is 0.438. The van der Waals surface area contributed by atoms with E-state index in [9.17, 15) is 0 Å². The minimum absolute atomic E-state index is 0.563. The molecule has 0 unspecified atom stereocenters. The molecular formula is C16H20BrN3O. The Morgan fingerprint density at radius 3 is 2.86 bits per heavy atom. The molecule has 0 radical (unpaired) electrons. The Morgan fingerprint density at radius 1 is 1.29 bits per heavy atom. The lowest BCUT2D eigenvalue weighted by atomic mass is 9.95. The van der Waals surface area contributed by atoms with E-state index in [0.717, 1.165) is 21.9 Å². The molecule has 2 aromatic rings. The monoisotopic (exact) mass is 349 g/mol. The highest BCUT2D eigenvalue weighted by molar-refractivity contribution is 9.10. The summed E-state index contributed by atoms with van der Waals surface area (Å²) in [5.74, 6) is 1.73. The molecule has 0 atom stereocenters. The van der Waals surface area contributed by atoms with Crippen LogP contribution in [0, 0.1) is 0 Å². The number of anilines is 2. The first-order chi connectivity index (χ1) is 10.3. The lowest BCUT2D eigenvalue weighted by Crippen LogP contribution is -2.14. The number of rotatable bonds is 4. The van der Waals surface area contributed by atoms with Gasteiger partial charge in [0, 0.05) is 29.0 Å². The number of halogens is 1. The molecule has 0 spiro atoms. The van der Waals surface area contributed by atoms with Crippen LogP contribution in [0.5, 0.6) is 5.75 Å². The van der Waals surface area contributed by atoms with Crippen molar-refractivity contribution >= 4 is 27.6 Å². The second kappa shape index (κ2) is 6.52. The van der Waals surface area contributed by atoms with Crippen LogP contribution in [0.1, 0.15) is 38.1 Å². The number of nitrogens with one attached hydrogen (secondary N) is 1. The van der Waals surface area contributed by atoms with Crippen molar-refractivity contribution in [1.82, 2.24) is 9.55 Å². The maximum atomic E-state index is 5.29. The topological polar surface area (TPSA) is 39.1 Å². The van der Waals surface area contributed by atoms with Gasteiger partial charge in [0.15, 0.2) is 0 Å². The normalized spacial score (nSPS) is 15.9. The zero-order valence-electron chi connectivity index (χ0n) is 12.2. The molecular weight excluding hydrogens is 330 g/mol. The Hall–Kier alpha value is -1.49. The highest BCUT2D eigenvalue weighted by Crippen LogP contribution is 2.33. The van der Waals surface area contributed by atoms with Gasteiger partial charge in [-0.15, -0.1) is 0 Å². The van der Waals surface area contributed by atoms with E-state index in [4.69, 9.17) is 4.74 Å². The van der Waals surface area contributed by atoms with Crippen LogP contribution < -0.4 is 10.1 Å². The summed E-state index contributed by atoms with van der Waals surface area (Å²) in [5, 5.41) is 3.42. The van der Waals surface area contributed by atoms with Gasteiger partial charge in [0.05, 0.1) is 12.8 Å². The van der Waals surface area contributed by atoms with E-state index in [-0.39, 0.29) is 0 Å². The summed E-state index contributed by atoms with van der Waals surface area (Å²) in [5.41, 5.74) is 0.970. The second-order valence-corrected chi connectivity index (χ2v) is 6.28. The number of imidazole rings is 1. The molecule has 1 N–H and O–H groups in total. The third-order valence-electron chi connectivity index (χ3n) is 4.06. The van der Waals surface area contributed by atoms with Crippen molar-refractivity contribution in [2.75, 3.05) is 12.4 Å². The first kappa shape index (κ1) is 14.4. The third kappa shape index (κ3) is 3.23. The largest absolute Gasteiger partial charge is 0.497 e. The molecule has 1 aromatic carbocycles. The maximum absolute atomic E-state index is 5.29. The summed E-state index contributed by atoms with van der Waals surface area (Å²) in [6.07, 6.45) is 10.4. The van der Waals surface area contributed by atoms with Gasteiger partial charge in [-0.1, -0.05) is 19.3 Å². The Morgan fingerprint density at radius 2 is 2.10 bits per heavy atom. The third-order valence-corrected chi connectivity index (χ3v) is 4.75. The molecule has 0 aliphatic heterocycles. The minimum atomic E-state index is 0.563. The van der Waals surface area contributed by atoms with E-state index >= 15 is 0 Å². The van der Waals surface area contributed by atoms with Gasteiger partial charge in [0.25, 0.3) is 0 Å². The van der Waals surface area contributed by atoms with E-state index in [0.29, 0.717) is 6.04 Å². The lowest BCUT2D eigenvalue weighted by molar-refractivity contribution is 0.356. The van der Waals surface area contributed by atoms with Crippen molar-refractivity contribution < 1.29 is 4.74 Å². The summed E-state index contributed by atoms with van der Waals surface area (Å²) in [7, 11) is 1.68. The van der Waals surface area contributed by atoms with Gasteiger partial charge in [0.1, 0.15) is 5.75 Å². The molecule has 1 fully saturated rings. The molecule has 1 heterocycles. The number of hydrogen-bond donors (Lipinski definition) is 1. The molecule has 1 aliphatic carbocycles. The number of hydrogen-bond acceptors (Lipinski definition) is 3. The van der Waals surface area contributed by atoms with Crippen molar-refractivity contribution in [2.45, 2.75) is 38.1 Å². The van der Waals surface area contributed by atoms with Gasteiger partial charge in [0.2, 0.25) is 5.95 Å². The SMILES string of the molecule is COc1ccc(Br)c(Nc2nccn2C2CCCCC2)c1. The molecule has 1 aliphatic rings. The standard InChI is InChI=1S/C16H20BrN3O/c1-21-13-7-8-14(17)15(11-13)19-16-18-9-10-20(16)12-5-3-2-4-6-12/h7-12H,2-6H2,1H3,(H,18,19). The second-order valence-electron chi connectivity index (χ2n) is 5.42. The van der Waals surface area contributed by atoms with Gasteiger partial charge >= 0.3 is 0 Å². The van der Waals surface area contributed by atoms with Crippen molar-refractivity contribution in [3.63, 3.8) is 0 Å². The number of benzene rings is 1. The van der Waals surface area contributed by atoms with Gasteiger partial charge in [-0.25, -0.2) is 4.98 Å². The molecule has 112 valence electrons. The van der Waals surface area contributed by atoms with Crippen molar-refractivity contribution in [1.29, 1.82) is 0 Å². The summed E-state index contributed by atoms with van der Waals surface area (Å²) >= 11 is 3.57. The summed E-state index contributed by atoms with van der Waals surface area (Å²) in [4.78, 5) is 4.47. The fourth-order valence-corrected chi connectivity index (χ4v) is 3.26.